The molecule has 0 saturated carbocycles. The van der Waals surface area contributed by atoms with E-state index in [0.29, 0.717) is 17.8 Å². The summed E-state index contributed by atoms with van der Waals surface area (Å²) in [6.45, 7) is 9.04. The molecule has 0 radical (unpaired) electrons. The van der Waals surface area contributed by atoms with E-state index in [9.17, 15) is 0 Å². The Kier molecular flexibility index (Phi) is 4.07. The number of nitrogens with two attached hydrogens (primary N) is 1. The van der Waals surface area contributed by atoms with Crippen molar-refractivity contribution in [2.75, 3.05) is 0 Å². The second kappa shape index (κ2) is 5.41. The van der Waals surface area contributed by atoms with Crippen LogP contribution in [0, 0.1) is 17.8 Å². The standard InChI is InChI=1S/C14H23N3S/c1-9(2)13(10(3)4)12(15)7-11-8-17-5-6-18-14(17)16-11/h5-6,8-10,12-13H,7,15H2,1-4H3. The Balaban J connectivity index is 2.10. The average molecular weight is 265 g/mol. The van der Waals surface area contributed by atoms with E-state index in [1.165, 1.54) is 0 Å². The molecule has 4 heteroatoms. The first-order chi connectivity index (χ1) is 8.49. The zero-order valence-corrected chi connectivity index (χ0v) is 12.4. The number of hydrogen-bond donors (Lipinski definition) is 1. The molecule has 0 bridgehead atoms. The van der Waals surface area contributed by atoms with Crippen molar-refractivity contribution < 1.29 is 0 Å². The molecule has 2 heterocycles. The summed E-state index contributed by atoms with van der Waals surface area (Å²) in [5, 5.41) is 2.05. The number of rotatable bonds is 5. The van der Waals surface area contributed by atoms with Gasteiger partial charge in [-0.25, -0.2) is 4.98 Å². The monoisotopic (exact) mass is 265 g/mol. The van der Waals surface area contributed by atoms with Crippen molar-refractivity contribution in [1.29, 1.82) is 0 Å². The second-order valence-electron chi connectivity index (χ2n) is 5.76. The molecule has 100 valence electrons. The SMILES string of the molecule is CC(C)C(C(C)C)C(N)Cc1cn2ccsc2n1. The minimum atomic E-state index is 0.189. The maximum atomic E-state index is 6.40. The molecule has 3 nitrogen and oxygen atoms in total. The summed E-state index contributed by atoms with van der Waals surface area (Å²) < 4.78 is 2.08. The predicted molar refractivity (Wildman–Crippen MR) is 77.9 cm³/mol. The summed E-state index contributed by atoms with van der Waals surface area (Å²) >= 11 is 1.67. The third kappa shape index (κ3) is 2.75. The minimum Gasteiger partial charge on any atom is -0.327 e. The van der Waals surface area contributed by atoms with E-state index in [1.54, 1.807) is 11.3 Å². The van der Waals surface area contributed by atoms with Crippen LogP contribution in [-0.2, 0) is 6.42 Å². The topological polar surface area (TPSA) is 43.3 Å². The van der Waals surface area contributed by atoms with Crippen LogP contribution in [0.25, 0.3) is 4.96 Å². The van der Waals surface area contributed by atoms with Gasteiger partial charge in [0.2, 0.25) is 0 Å². The van der Waals surface area contributed by atoms with E-state index >= 15 is 0 Å². The Bertz CT molecular complexity index is 461. The zero-order chi connectivity index (χ0) is 13.3. The smallest absolute Gasteiger partial charge is 0.193 e. The normalized spacial score (nSPS) is 14.2. The van der Waals surface area contributed by atoms with Gasteiger partial charge in [-0.2, -0.15) is 0 Å². The summed E-state index contributed by atoms with van der Waals surface area (Å²) in [6, 6.07) is 0.189. The number of hydrogen-bond acceptors (Lipinski definition) is 3. The van der Waals surface area contributed by atoms with Crippen LogP contribution >= 0.6 is 11.3 Å². The number of fused-ring (bicyclic) bond motifs is 1. The first-order valence-electron chi connectivity index (χ1n) is 6.65. The van der Waals surface area contributed by atoms with E-state index in [-0.39, 0.29) is 6.04 Å². The Hall–Kier alpha value is -0.870. The summed E-state index contributed by atoms with van der Waals surface area (Å²) in [5.41, 5.74) is 7.51. The Labute approximate surface area is 113 Å². The highest BCUT2D eigenvalue weighted by Gasteiger charge is 2.25. The zero-order valence-electron chi connectivity index (χ0n) is 11.6. The van der Waals surface area contributed by atoms with Crippen molar-refractivity contribution in [2.24, 2.45) is 23.5 Å². The van der Waals surface area contributed by atoms with Gasteiger partial charge >= 0.3 is 0 Å². The lowest BCUT2D eigenvalue weighted by atomic mass is 9.79. The number of nitrogens with zero attached hydrogens (tertiary/aromatic N) is 2. The number of thiazole rings is 1. The van der Waals surface area contributed by atoms with Gasteiger partial charge in [-0.05, 0) is 17.8 Å². The molecule has 0 spiro atoms. The van der Waals surface area contributed by atoms with Gasteiger partial charge in [0, 0.05) is 30.2 Å². The highest BCUT2D eigenvalue weighted by Crippen LogP contribution is 2.25. The molecular formula is C14H23N3S. The molecule has 0 fully saturated rings. The van der Waals surface area contributed by atoms with E-state index in [1.807, 2.05) is 6.20 Å². The molecule has 2 rings (SSSR count). The first-order valence-corrected chi connectivity index (χ1v) is 7.53. The van der Waals surface area contributed by atoms with Crippen LogP contribution < -0.4 is 5.73 Å². The molecule has 0 amide bonds. The van der Waals surface area contributed by atoms with Crippen molar-refractivity contribution in [2.45, 2.75) is 40.2 Å². The maximum Gasteiger partial charge on any atom is 0.193 e. The molecule has 0 aliphatic rings. The predicted octanol–water partition coefficient (Wildman–Crippen LogP) is 3.19. The number of imidazole rings is 1. The van der Waals surface area contributed by atoms with Crippen molar-refractivity contribution in [3.05, 3.63) is 23.5 Å². The Morgan fingerprint density at radius 1 is 1.28 bits per heavy atom. The fourth-order valence-electron chi connectivity index (χ4n) is 3.01. The molecule has 0 aliphatic heterocycles. The van der Waals surface area contributed by atoms with Gasteiger partial charge in [0.1, 0.15) is 0 Å². The van der Waals surface area contributed by atoms with Crippen LogP contribution in [0.2, 0.25) is 0 Å². The molecule has 0 saturated heterocycles. The van der Waals surface area contributed by atoms with Gasteiger partial charge in [0.05, 0.1) is 5.69 Å². The van der Waals surface area contributed by atoms with Crippen molar-refractivity contribution in [3.8, 4) is 0 Å². The van der Waals surface area contributed by atoms with Crippen LogP contribution in [0.15, 0.2) is 17.8 Å². The first kappa shape index (κ1) is 13.6. The molecular weight excluding hydrogens is 242 g/mol. The lowest BCUT2D eigenvalue weighted by Gasteiger charge is -2.30. The van der Waals surface area contributed by atoms with E-state index in [4.69, 9.17) is 5.73 Å². The van der Waals surface area contributed by atoms with Gasteiger partial charge in [-0.15, -0.1) is 11.3 Å². The summed E-state index contributed by atoms with van der Waals surface area (Å²) in [5.74, 6) is 1.78. The lowest BCUT2D eigenvalue weighted by molar-refractivity contribution is 0.236. The maximum absolute atomic E-state index is 6.40. The van der Waals surface area contributed by atoms with E-state index in [2.05, 4.69) is 48.7 Å². The van der Waals surface area contributed by atoms with E-state index in [0.717, 1.165) is 17.1 Å². The molecule has 2 N–H and O–H groups in total. The van der Waals surface area contributed by atoms with Crippen molar-refractivity contribution in [3.63, 3.8) is 0 Å². The Morgan fingerprint density at radius 2 is 1.94 bits per heavy atom. The summed E-state index contributed by atoms with van der Waals surface area (Å²) in [4.78, 5) is 5.67. The van der Waals surface area contributed by atoms with Crippen LogP contribution in [0.4, 0.5) is 0 Å². The average Bonchev–Trinajstić information content (AvgIpc) is 2.75. The molecule has 0 aromatic carbocycles. The van der Waals surface area contributed by atoms with Crippen LogP contribution in [0.5, 0.6) is 0 Å². The summed E-state index contributed by atoms with van der Waals surface area (Å²) in [7, 11) is 0. The van der Waals surface area contributed by atoms with Gasteiger partial charge in [-0.3, -0.25) is 4.40 Å². The molecule has 1 unspecified atom stereocenters. The molecule has 2 aromatic rings. The fourth-order valence-corrected chi connectivity index (χ4v) is 3.73. The number of aromatic nitrogens is 2. The van der Waals surface area contributed by atoms with Gasteiger partial charge in [0.15, 0.2) is 4.96 Å². The van der Waals surface area contributed by atoms with Crippen LogP contribution in [-0.4, -0.2) is 15.4 Å². The van der Waals surface area contributed by atoms with Crippen LogP contribution in [0.3, 0.4) is 0 Å². The lowest BCUT2D eigenvalue weighted by Crippen LogP contribution is -2.38. The van der Waals surface area contributed by atoms with Gasteiger partial charge in [0.25, 0.3) is 0 Å². The molecule has 1 atom stereocenters. The second-order valence-corrected chi connectivity index (χ2v) is 6.63. The van der Waals surface area contributed by atoms with Crippen molar-refractivity contribution >= 4 is 16.3 Å². The molecule has 0 aliphatic carbocycles. The third-order valence-corrected chi connectivity index (χ3v) is 4.39. The highest BCUT2D eigenvalue weighted by molar-refractivity contribution is 7.15. The van der Waals surface area contributed by atoms with Gasteiger partial charge in [-0.1, -0.05) is 27.7 Å². The van der Waals surface area contributed by atoms with Crippen LogP contribution in [0.1, 0.15) is 33.4 Å². The van der Waals surface area contributed by atoms with Gasteiger partial charge < -0.3 is 5.73 Å². The molecule has 18 heavy (non-hydrogen) atoms. The third-order valence-electron chi connectivity index (χ3n) is 3.62. The van der Waals surface area contributed by atoms with E-state index < -0.39 is 0 Å². The largest absolute Gasteiger partial charge is 0.327 e. The summed E-state index contributed by atoms with van der Waals surface area (Å²) in [6.07, 6.45) is 5.02. The van der Waals surface area contributed by atoms with Crippen molar-refractivity contribution in [1.82, 2.24) is 9.38 Å². The Morgan fingerprint density at radius 3 is 2.50 bits per heavy atom. The highest BCUT2D eigenvalue weighted by atomic mass is 32.1. The quantitative estimate of drug-likeness (QED) is 0.902. The minimum absolute atomic E-state index is 0.189. The molecule has 2 aromatic heterocycles. The fraction of sp³-hybridized carbons (Fsp3) is 0.643.